The maximum atomic E-state index is 11.9. The molecule has 1 rings (SSSR count). The van der Waals surface area contributed by atoms with E-state index < -0.39 is 10.1 Å². The minimum absolute atomic E-state index is 0. The first-order chi connectivity index (χ1) is 10.7. The molecule has 6 heteroatoms. The van der Waals surface area contributed by atoms with Crippen LogP contribution in [0.3, 0.4) is 0 Å². The molecule has 0 radical (unpaired) electrons. The van der Waals surface area contributed by atoms with E-state index in [1.54, 1.807) is 30.3 Å². The smallest absolute Gasteiger partial charge is 0.344 e. The Balaban J connectivity index is 0. The van der Waals surface area contributed by atoms with Crippen LogP contribution in [0, 0.1) is 0 Å². The molecule has 134 valence electrons. The number of rotatable bonds is 13. The third-order valence-corrected chi connectivity index (χ3v) is 5.09. The van der Waals surface area contributed by atoms with E-state index in [0.717, 1.165) is 12.8 Å². The van der Waals surface area contributed by atoms with E-state index in [4.69, 9.17) is 4.18 Å². The molecule has 4 nitrogen and oxygen atoms in total. The van der Waals surface area contributed by atoms with Crippen LogP contribution in [0.1, 0.15) is 71.1 Å². The Bertz CT molecular complexity index is 480. The molecule has 1 aromatic rings. The Morgan fingerprint density at radius 2 is 1.25 bits per heavy atom. The molecule has 0 spiro atoms. The van der Waals surface area contributed by atoms with Crippen molar-refractivity contribution in [1.29, 1.82) is 0 Å². The van der Waals surface area contributed by atoms with E-state index in [1.807, 2.05) is 0 Å². The zero-order chi connectivity index (χ0) is 16.1. The molecule has 0 aliphatic carbocycles. The van der Waals surface area contributed by atoms with Gasteiger partial charge in [0.25, 0.3) is 10.1 Å². The van der Waals surface area contributed by atoms with Crippen LogP contribution in [-0.4, -0.2) is 52.8 Å². The van der Waals surface area contributed by atoms with Gasteiger partial charge < -0.3 is 6.15 Å². The summed E-state index contributed by atoms with van der Waals surface area (Å²) in [6, 6.07) is 8.33. The van der Waals surface area contributed by atoms with Crippen molar-refractivity contribution in [3.63, 3.8) is 0 Å². The van der Waals surface area contributed by atoms with Crippen molar-refractivity contribution >= 4 is 47.9 Å². The molecule has 0 saturated carbocycles. The molecule has 0 aromatic heterocycles. The molecule has 0 amide bonds. The Kier molecular flexibility index (Phi) is 18.6. The molecule has 0 atom stereocenters. The van der Waals surface area contributed by atoms with E-state index in [1.165, 1.54) is 51.4 Å². The molecule has 1 aromatic carbocycles. The first-order valence-corrected chi connectivity index (χ1v) is 10.0. The molecule has 24 heavy (non-hydrogen) atoms. The summed E-state index contributed by atoms with van der Waals surface area (Å²) in [5.41, 5.74) is 0. The van der Waals surface area contributed by atoms with Crippen LogP contribution in [0.2, 0.25) is 0 Å². The van der Waals surface area contributed by atoms with Gasteiger partial charge in [0, 0.05) is 0 Å². The van der Waals surface area contributed by atoms with Crippen LogP contribution in [0.25, 0.3) is 0 Å². The number of hydrogen-bond acceptors (Lipinski definition) is 4. The van der Waals surface area contributed by atoms with E-state index in [-0.39, 0.29) is 55.4 Å². The van der Waals surface area contributed by atoms with Crippen molar-refractivity contribution < 1.29 is 12.6 Å². The molecule has 0 aliphatic rings. The Hall–Kier alpha value is 0.350. The Morgan fingerprint density at radius 1 is 0.792 bits per heavy atom. The predicted molar refractivity (Wildman–Crippen MR) is 102 cm³/mol. The molecular weight excluding hydrogens is 350 g/mol. The minimum atomic E-state index is -3.57. The standard InChI is InChI=1S/C18H30O3S.Ca.H3N/c1-2-3-4-5-6-7-8-9-10-14-17-21-22(19,20)18-15-12-11-13-16-18;;/h11-13,15-16H,2-10,14,17H2,1H3;;1H3/q;+2;. The summed E-state index contributed by atoms with van der Waals surface area (Å²) in [7, 11) is -3.57. The summed E-state index contributed by atoms with van der Waals surface area (Å²) in [5.74, 6) is 0. The fourth-order valence-corrected chi connectivity index (χ4v) is 3.38. The van der Waals surface area contributed by atoms with Crippen LogP contribution in [0.15, 0.2) is 35.2 Å². The third kappa shape index (κ3) is 12.7. The Morgan fingerprint density at radius 3 is 1.75 bits per heavy atom. The van der Waals surface area contributed by atoms with E-state index in [9.17, 15) is 8.42 Å². The van der Waals surface area contributed by atoms with Gasteiger partial charge in [0.05, 0.1) is 11.5 Å². The van der Waals surface area contributed by atoms with E-state index >= 15 is 0 Å². The SMILES string of the molecule is CCCCCCCCCCCCOS(=O)(=O)c1ccccc1.N.[Ca+2]. The summed E-state index contributed by atoms with van der Waals surface area (Å²) in [6.45, 7) is 2.52. The van der Waals surface area contributed by atoms with Gasteiger partial charge in [-0.05, 0) is 18.6 Å². The third-order valence-electron chi connectivity index (χ3n) is 3.77. The summed E-state index contributed by atoms with van der Waals surface area (Å²) < 4.78 is 28.8. The summed E-state index contributed by atoms with van der Waals surface area (Å²) >= 11 is 0. The van der Waals surface area contributed by atoms with Gasteiger partial charge in [-0.25, -0.2) is 0 Å². The van der Waals surface area contributed by atoms with Crippen molar-refractivity contribution in [2.24, 2.45) is 0 Å². The summed E-state index contributed by atoms with van der Waals surface area (Å²) in [5, 5.41) is 0. The minimum Gasteiger partial charge on any atom is -0.344 e. The van der Waals surface area contributed by atoms with E-state index in [2.05, 4.69) is 6.92 Å². The van der Waals surface area contributed by atoms with Gasteiger partial charge in [-0.1, -0.05) is 82.9 Å². The van der Waals surface area contributed by atoms with Crippen molar-refractivity contribution in [2.75, 3.05) is 6.61 Å². The molecular formula is C18H33CaNO3S+2. The Labute approximate surface area is 178 Å². The molecule has 0 saturated heterocycles. The number of unbranched alkanes of at least 4 members (excludes halogenated alkanes) is 9. The van der Waals surface area contributed by atoms with Crippen molar-refractivity contribution in [3.05, 3.63) is 30.3 Å². The second-order valence-corrected chi connectivity index (χ2v) is 7.39. The number of hydrogen-bond donors (Lipinski definition) is 1. The van der Waals surface area contributed by atoms with Gasteiger partial charge in [-0.2, -0.15) is 8.42 Å². The van der Waals surface area contributed by atoms with Crippen LogP contribution in [-0.2, 0) is 14.3 Å². The van der Waals surface area contributed by atoms with Crippen LogP contribution in [0.4, 0.5) is 0 Å². The zero-order valence-corrected chi connectivity index (χ0v) is 18.2. The molecule has 0 fully saturated rings. The van der Waals surface area contributed by atoms with Crippen molar-refractivity contribution in [3.8, 4) is 0 Å². The maximum absolute atomic E-state index is 11.9. The average molecular weight is 384 g/mol. The van der Waals surface area contributed by atoms with Crippen LogP contribution in [0.5, 0.6) is 0 Å². The number of benzene rings is 1. The maximum Gasteiger partial charge on any atom is 2.00 e. The average Bonchev–Trinajstić information content (AvgIpc) is 2.53. The second-order valence-electron chi connectivity index (χ2n) is 5.77. The molecule has 0 bridgehead atoms. The van der Waals surface area contributed by atoms with Gasteiger partial charge in [-0.3, -0.25) is 4.18 Å². The predicted octanol–water partition coefficient (Wildman–Crippen LogP) is 5.09. The van der Waals surface area contributed by atoms with Gasteiger partial charge >= 0.3 is 37.7 Å². The van der Waals surface area contributed by atoms with Crippen molar-refractivity contribution in [1.82, 2.24) is 6.15 Å². The van der Waals surface area contributed by atoms with Crippen LogP contribution >= 0.6 is 0 Å². The summed E-state index contributed by atoms with van der Waals surface area (Å²) in [6.07, 6.45) is 12.3. The molecule has 0 unspecified atom stereocenters. The fourth-order valence-electron chi connectivity index (χ4n) is 2.41. The van der Waals surface area contributed by atoms with E-state index in [0.29, 0.717) is 0 Å². The normalized spacial score (nSPS) is 10.7. The molecule has 0 aliphatic heterocycles. The topological polar surface area (TPSA) is 78.4 Å². The fraction of sp³-hybridized carbons (Fsp3) is 0.667. The zero-order valence-electron chi connectivity index (χ0n) is 15.2. The first-order valence-electron chi connectivity index (χ1n) is 8.61. The van der Waals surface area contributed by atoms with Gasteiger partial charge in [0.15, 0.2) is 0 Å². The summed E-state index contributed by atoms with van der Waals surface area (Å²) in [4.78, 5) is 0.238. The van der Waals surface area contributed by atoms with Gasteiger partial charge in [0.2, 0.25) is 0 Å². The van der Waals surface area contributed by atoms with Crippen LogP contribution < -0.4 is 6.15 Å². The van der Waals surface area contributed by atoms with Crippen molar-refractivity contribution in [2.45, 2.75) is 76.0 Å². The van der Waals surface area contributed by atoms with Gasteiger partial charge in [-0.15, -0.1) is 0 Å². The molecule has 3 N–H and O–H groups in total. The second kappa shape index (κ2) is 16.8. The quantitative estimate of drug-likeness (QED) is 0.292. The first kappa shape index (κ1) is 26.6. The van der Waals surface area contributed by atoms with Gasteiger partial charge in [0.1, 0.15) is 0 Å². The molecule has 0 heterocycles. The monoisotopic (exact) mass is 383 g/mol. The largest absolute Gasteiger partial charge is 2.00 e.